The third kappa shape index (κ3) is 3.41. The number of alkyl halides is 3. The van der Waals surface area contributed by atoms with E-state index in [9.17, 15) is 13.2 Å². The molecule has 0 spiro atoms. The summed E-state index contributed by atoms with van der Waals surface area (Å²) in [4.78, 5) is 0. The number of rotatable bonds is 2. The SMILES string of the molecule is CC1CCCC(C)N1Nc1ccc(C(F)(F)F)cc1. The lowest BCUT2D eigenvalue weighted by atomic mass is 10.00. The zero-order chi connectivity index (χ0) is 14.0. The van der Waals surface area contributed by atoms with Crippen molar-refractivity contribution in [2.24, 2.45) is 0 Å². The van der Waals surface area contributed by atoms with Crippen molar-refractivity contribution < 1.29 is 13.2 Å². The summed E-state index contributed by atoms with van der Waals surface area (Å²) in [7, 11) is 0. The van der Waals surface area contributed by atoms with Crippen molar-refractivity contribution >= 4 is 5.69 Å². The average Bonchev–Trinajstić information content (AvgIpc) is 2.33. The summed E-state index contributed by atoms with van der Waals surface area (Å²) in [5.74, 6) is 0. The molecule has 0 radical (unpaired) electrons. The molecule has 0 aliphatic carbocycles. The third-order valence-corrected chi connectivity index (χ3v) is 3.66. The Bertz CT molecular complexity index is 404. The Balaban J connectivity index is 2.07. The van der Waals surface area contributed by atoms with Crippen LogP contribution in [0.1, 0.15) is 38.7 Å². The third-order valence-electron chi connectivity index (χ3n) is 3.66. The highest BCUT2D eigenvalue weighted by molar-refractivity contribution is 5.44. The van der Waals surface area contributed by atoms with E-state index in [1.165, 1.54) is 18.6 Å². The summed E-state index contributed by atoms with van der Waals surface area (Å²) in [6, 6.07) is 5.98. The molecule has 1 aromatic carbocycles. The van der Waals surface area contributed by atoms with Crippen LogP contribution in [-0.2, 0) is 6.18 Å². The molecule has 0 amide bonds. The minimum absolute atomic E-state index is 0.394. The number of benzene rings is 1. The predicted molar refractivity (Wildman–Crippen MR) is 69.7 cm³/mol. The highest BCUT2D eigenvalue weighted by atomic mass is 19.4. The number of anilines is 1. The van der Waals surface area contributed by atoms with Crippen LogP contribution in [0.4, 0.5) is 18.9 Å². The van der Waals surface area contributed by atoms with E-state index in [1.54, 1.807) is 0 Å². The molecule has 19 heavy (non-hydrogen) atoms. The molecule has 1 aromatic rings. The lowest BCUT2D eigenvalue weighted by molar-refractivity contribution is -0.137. The Hall–Kier alpha value is -1.23. The second-order valence-electron chi connectivity index (χ2n) is 5.22. The maximum Gasteiger partial charge on any atom is 0.416 e. The van der Waals surface area contributed by atoms with Crippen molar-refractivity contribution in [2.75, 3.05) is 5.43 Å². The molecule has 2 nitrogen and oxygen atoms in total. The van der Waals surface area contributed by atoms with Crippen molar-refractivity contribution in [2.45, 2.75) is 51.4 Å². The molecule has 1 heterocycles. The number of hydrogen-bond acceptors (Lipinski definition) is 2. The Labute approximate surface area is 111 Å². The summed E-state index contributed by atoms with van der Waals surface area (Å²) in [5, 5.41) is 2.13. The van der Waals surface area contributed by atoms with E-state index >= 15 is 0 Å². The van der Waals surface area contributed by atoms with Gasteiger partial charge in [0.05, 0.1) is 5.56 Å². The Morgan fingerprint density at radius 3 is 2.05 bits per heavy atom. The molecule has 1 fully saturated rings. The van der Waals surface area contributed by atoms with Gasteiger partial charge in [-0.05, 0) is 51.0 Å². The highest BCUT2D eigenvalue weighted by Crippen LogP contribution is 2.30. The van der Waals surface area contributed by atoms with Crippen molar-refractivity contribution in [3.8, 4) is 0 Å². The fourth-order valence-corrected chi connectivity index (χ4v) is 2.52. The molecule has 0 saturated carbocycles. The Morgan fingerprint density at radius 1 is 1.05 bits per heavy atom. The van der Waals surface area contributed by atoms with Crippen LogP contribution in [0.2, 0.25) is 0 Å². The zero-order valence-corrected chi connectivity index (χ0v) is 11.2. The average molecular weight is 272 g/mol. The number of piperidine rings is 1. The second kappa shape index (κ2) is 5.41. The second-order valence-corrected chi connectivity index (χ2v) is 5.22. The molecule has 1 N–H and O–H groups in total. The van der Waals surface area contributed by atoms with Gasteiger partial charge >= 0.3 is 6.18 Å². The van der Waals surface area contributed by atoms with E-state index in [4.69, 9.17) is 0 Å². The van der Waals surface area contributed by atoms with Gasteiger partial charge in [0, 0.05) is 17.8 Å². The number of hydrazine groups is 1. The van der Waals surface area contributed by atoms with Crippen molar-refractivity contribution in [1.82, 2.24) is 5.01 Å². The van der Waals surface area contributed by atoms with Crippen LogP contribution in [0.5, 0.6) is 0 Å². The summed E-state index contributed by atoms with van der Waals surface area (Å²) in [6.07, 6.45) is -0.853. The van der Waals surface area contributed by atoms with E-state index in [0.717, 1.165) is 25.0 Å². The summed E-state index contributed by atoms with van der Waals surface area (Å²) >= 11 is 0. The van der Waals surface area contributed by atoms with Crippen molar-refractivity contribution in [3.63, 3.8) is 0 Å². The van der Waals surface area contributed by atoms with Gasteiger partial charge < -0.3 is 5.43 Å². The fraction of sp³-hybridized carbons (Fsp3) is 0.571. The van der Waals surface area contributed by atoms with Crippen LogP contribution in [0, 0.1) is 0 Å². The molecule has 2 unspecified atom stereocenters. The zero-order valence-electron chi connectivity index (χ0n) is 11.2. The van der Waals surface area contributed by atoms with E-state index in [2.05, 4.69) is 24.3 Å². The van der Waals surface area contributed by atoms with E-state index in [-0.39, 0.29) is 0 Å². The first kappa shape index (κ1) is 14.2. The Kier molecular flexibility index (Phi) is 4.04. The first-order valence-electron chi connectivity index (χ1n) is 6.60. The highest BCUT2D eigenvalue weighted by Gasteiger charge is 2.30. The monoisotopic (exact) mass is 272 g/mol. The minimum atomic E-state index is -4.27. The molecule has 106 valence electrons. The maximum atomic E-state index is 12.5. The van der Waals surface area contributed by atoms with E-state index < -0.39 is 11.7 Å². The van der Waals surface area contributed by atoms with Crippen LogP contribution in [-0.4, -0.2) is 17.1 Å². The lowest BCUT2D eigenvalue weighted by Crippen LogP contribution is -2.47. The smallest absolute Gasteiger partial charge is 0.318 e. The molecule has 0 bridgehead atoms. The molecule has 1 aliphatic rings. The fourth-order valence-electron chi connectivity index (χ4n) is 2.52. The normalized spacial score (nSPS) is 25.3. The molecule has 5 heteroatoms. The molecule has 1 aliphatic heterocycles. The van der Waals surface area contributed by atoms with Gasteiger partial charge in [0.25, 0.3) is 0 Å². The molecule has 1 saturated heterocycles. The van der Waals surface area contributed by atoms with Gasteiger partial charge in [-0.2, -0.15) is 13.2 Å². The van der Waals surface area contributed by atoms with Gasteiger partial charge in [-0.3, -0.25) is 0 Å². The standard InChI is InChI=1S/C14H19F3N2/c1-10-4-3-5-11(2)19(10)18-13-8-6-12(7-9-13)14(15,16)17/h6-11,18H,3-5H2,1-2H3. The van der Waals surface area contributed by atoms with Crippen LogP contribution in [0.3, 0.4) is 0 Å². The van der Waals surface area contributed by atoms with Crippen LogP contribution >= 0.6 is 0 Å². The largest absolute Gasteiger partial charge is 0.416 e. The van der Waals surface area contributed by atoms with Gasteiger partial charge in [0.15, 0.2) is 0 Å². The van der Waals surface area contributed by atoms with Crippen molar-refractivity contribution in [1.29, 1.82) is 0 Å². The topological polar surface area (TPSA) is 15.3 Å². The molecule has 2 rings (SSSR count). The first-order chi connectivity index (χ1) is 8.88. The molecule has 0 aromatic heterocycles. The van der Waals surface area contributed by atoms with E-state index in [0.29, 0.717) is 17.8 Å². The molecular formula is C14H19F3N2. The van der Waals surface area contributed by atoms with Crippen LogP contribution < -0.4 is 5.43 Å². The quantitative estimate of drug-likeness (QED) is 0.863. The van der Waals surface area contributed by atoms with Gasteiger partial charge in [-0.1, -0.05) is 6.42 Å². The molecule has 2 atom stereocenters. The number of hydrogen-bond donors (Lipinski definition) is 1. The lowest BCUT2D eigenvalue weighted by Gasteiger charge is -2.39. The van der Waals surface area contributed by atoms with Gasteiger partial charge in [-0.15, -0.1) is 0 Å². The van der Waals surface area contributed by atoms with Crippen LogP contribution in [0.25, 0.3) is 0 Å². The number of nitrogens with zero attached hydrogens (tertiary/aromatic N) is 1. The van der Waals surface area contributed by atoms with Gasteiger partial charge in [-0.25, -0.2) is 5.01 Å². The first-order valence-corrected chi connectivity index (χ1v) is 6.60. The van der Waals surface area contributed by atoms with Crippen molar-refractivity contribution in [3.05, 3.63) is 29.8 Å². The number of nitrogens with one attached hydrogen (secondary N) is 1. The van der Waals surface area contributed by atoms with Crippen LogP contribution in [0.15, 0.2) is 24.3 Å². The molecular weight excluding hydrogens is 253 g/mol. The van der Waals surface area contributed by atoms with E-state index in [1.807, 2.05) is 0 Å². The minimum Gasteiger partial charge on any atom is -0.318 e. The Morgan fingerprint density at radius 2 is 1.58 bits per heavy atom. The van der Waals surface area contributed by atoms with Gasteiger partial charge in [0.2, 0.25) is 0 Å². The summed E-state index contributed by atoms with van der Waals surface area (Å²) < 4.78 is 37.4. The maximum absolute atomic E-state index is 12.5. The summed E-state index contributed by atoms with van der Waals surface area (Å²) in [6.45, 7) is 4.26. The van der Waals surface area contributed by atoms with Gasteiger partial charge in [0.1, 0.15) is 0 Å². The summed E-state index contributed by atoms with van der Waals surface area (Å²) in [5.41, 5.74) is 3.31. The number of halogens is 3. The predicted octanol–water partition coefficient (Wildman–Crippen LogP) is 4.30.